The third-order valence-corrected chi connectivity index (χ3v) is 4.21. The highest BCUT2D eigenvalue weighted by atomic mass is 16.4. The lowest BCUT2D eigenvalue weighted by Crippen LogP contribution is -2.50. The van der Waals surface area contributed by atoms with Gasteiger partial charge in [0.2, 0.25) is 0 Å². The maximum absolute atomic E-state index is 11.4. The Morgan fingerprint density at radius 1 is 1.39 bits per heavy atom. The van der Waals surface area contributed by atoms with Crippen LogP contribution >= 0.6 is 0 Å². The van der Waals surface area contributed by atoms with Gasteiger partial charge in [0.05, 0.1) is 0 Å². The second-order valence-corrected chi connectivity index (χ2v) is 5.58. The van der Waals surface area contributed by atoms with Gasteiger partial charge in [0.15, 0.2) is 0 Å². The van der Waals surface area contributed by atoms with Crippen molar-refractivity contribution in [2.24, 2.45) is 0 Å². The lowest BCUT2D eigenvalue weighted by molar-refractivity contribution is -0.150. The Morgan fingerprint density at radius 2 is 2.06 bits per heavy atom. The van der Waals surface area contributed by atoms with Gasteiger partial charge in [-0.15, -0.1) is 0 Å². The number of carboxylic acids is 1. The van der Waals surface area contributed by atoms with E-state index in [-0.39, 0.29) is 6.04 Å². The smallest absolute Gasteiger partial charge is 0.323 e. The number of nitrogens with zero attached hydrogens (tertiary/aromatic N) is 1. The normalized spacial score (nSPS) is 19.7. The summed E-state index contributed by atoms with van der Waals surface area (Å²) in [6, 6.07) is 8.60. The van der Waals surface area contributed by atoms with Crippen LogP contribution in [0.4, 0.5) is 0 Å². The summed E-state index contributed by atoms with van der Waals surface area (Å²) in [5, 5.41) is 9.35. The van der Waals surface area contributed by atoms with Crippen molar-refractivity contribution in [3.8, 4) is 0 Å². The molecular weight excluding hydrogens is 226 g/mol. The minimum absolute atomic E-state index is 0.209. The van der Waals surface area contributed by atoms with Crippen LogP contribution in [0.5, 0.6) is 0 Å². The van der Waals surface area contributed by atoms with Gasteiger partial charge < -0.3 is 5.11 Å². The Hall–Kier alpha value is -1.35. The average Bonchev–Trinajstić information content (AvgIpc) is 2.37. The summed E-state index contributed by atoms with van der Waals surface area (Å²) in [5.74, 6) is -0.770. The van der Waals surface area contributed by atoms with Crippen molar-refractivity contribution in [1.82, 2.24) is 4.90 Å². The first-order chi connectivity index (χ1) is 8.44. The van der Waals surface area contributed by atoms with Gasteiger partial charge in [0, 0.05) is 6.04 Å². The average molecular weight is 247 g/mol. The summed E-state index contributed by atoms with van der Waals surface area (Å²) in [5.41, 5.74) is 1.82. The molecule has 0 fully saturated rings. The zero-order valence-electron chi connectivity index (χ0n) is 11.3. The third kappa shape index (κ3) is 2.15. The zero-order chi connectivity index (χ0) is 13.3. The van der Waals surface area contributed by atoms with E-state index >= 15 is 0 Å². The largest absolute Gasteiger partial charge is 0.480 e. The standard InChI is InChI=1S/C15H21NO2/c1-15(2,14(17)18)16(3)13-10-6-8-11-7-4-5-9-12(11)13/h4-5,7,9,13H,6,8,10H2,1-3H3,(H,17,18). The van der Waals surface area contributed by atoms with Crippen molar-refractivity contribution in [1.29, 1.82) is 0 Å². The Bertz CT molecular complexity index is 454. The van der Waals surface area contributed by atoms with E-state index in [2.05, 4.69) is 18.2 Å². The molecule has 1 unspecified atom stereocenters. The van der Waals surface area contributed by atoms with Crippen LogP contribution < -0.4 is 0 Å². The fourth-order valence-corrected chi connectivity index (χ4v) is 2.67. The summed E-state index contributed by atoms with van der Waals surface area (Å²) in [6.45, 7) is 3.54. The van der Waals surface area contributed by atoms with Crippen molar-refractivity contribution >= 4 is 5.97 Å². The van der Waals surface area contributed by atoms with Crippen LogP contribution in [0.3, 0.4) is 0 Å². The summed E-state index contributed by atoms with van der Waals surface area (Å²) in [6.07, 6.45) is 3.26. The van der Waals surface area contributed by atoms with Crippen LogP contribution in [-0.4, -0.2) is 28.6 Å². The van der Waals surface area contributed by atoms with E-state index in [0.29, 0.717) is 0 Å². The molecule has 0 saturated carbocycles. The summed E-state index contributed by atoms with van der Waals surface area (Å²) in [7, 11) is 1.92. The number of aliphatic carboxylic acids is 1. The fraction of sp³-hybridized carbons (Fsp3) is 0.533. The lowest BCUT2D eigenvalue weighted by atomic mass is 9.85. The number of fused-ring (bicyclic) bond motifs is 1. The lowest BCUT2D eigenvalue weighted by Gasteiger charge is -2.40. The first-order valence-corrected chi connectivity index (χ1v) is 6.48. The number of aryl methyl sites for hydroxylation is 1. The van der Waals surface area contributed by atoms with Gasteiger partial charge in [0.1, 0.15) is 5.54 Å². The Morgan fingerprint density at radius 3 is 2.72 bits per heavy atom. The van der Waals surface area contributed by atoms with E-state index in [0.717, 1.165) is 19.3 Å². The van der Waals surface area contributed by atoms with Crippen LogP contribution in [0.2, 0.25) is 0 Å². The van der Waals surface area contributed by atoms with E-state index in [1.807, 2.05) is 18.0 Å². The Kier molecular flexibility index (Phi) is 3.44. The number of hydrogen-bond donors (Lipinski definition) is 1. The number of carboxylic acid groups (broad SMARTS) is 1. The topological polar surface area (TPSA) is 40.5 Å². The molecule has 1 N–H and O–H groups in total. The van der Waals surface area contributed by atoms with Crippen molar-refractivity contribution in [3.63, 3.8) is 0 Å². The van der Waals surface area contributed by atoms with Crippen LogP contribution in [0.1, 0.15) is 43.9 Å². The van der Waals surface area contributed by atoms with E-state index < -0.39 is 11.5 Å². The molecular formula is C15H21NO2. The highest BCUT2D eigenvalue weighted by Gasteiger charge is 2.37. The molecule has 1 aromatic rings. The molecule has 0 heterocycles. The maximum atomic E-state index is 11.4. The van der Waals surface area contributed by atoms with Gasteiger partial charge in [-0.2, -0.15) is 0 Å². The van der Waals surface area contributed by atoms with E-state index in [1.54, 1.807) is 13.8 Å². The molecule has 3 nitrogen and oxygen atoms in total. The summed E-state index contributed by atoms with van der Waals surface area (Å²) >= 11 is 0. The highest BCUT2D eigenvalue weighted by Crippen LogP contribution is 2.36. The van der Waals surface area contributed by atoms with Crippen LogP contribution in [-0.2, 0) is 11.2 Å². The molecule has 1 aromatic carbocycles. The minimum Gasteiger partial charge on any atom is -0.480 e. The molecule has 3 heteroatoms. The van der Waals surface area contributed by atoms with Gasteiger partial charge in [0.25, 0.3) is 0 Å². The van der Waals surface area contributed by atoms with E-state index in [9.17, 15) is 9.90 Å². The molecule has 1 aliphatic rings. The van der Waals surface area contributed by atoms with Gasteiger partial charge in [-0.25, -0.2) is 0 Å². The minimum atomic E-state index is -0.838. The third-order valence-electron chi connectivity index (χ3n) is 4.21. The first kappa shape index (κ1) is 13.1. The van der Waals surface area contributed by atoms with Crippen molar-refractivity contribution < 1.29 is 9.90 Å². The summed E-state index contributed by atoms with van der Waals surface area (Å²) in [4.78, 5) is 13.4. The second-order valence-electron chi connectivity index (χ2n) is 5.58. The van der Waals surface area contributed by atoms with Crippen molar-refractivity contribution in [3.05, 3.63) is 35.4 Å². The van der Waals surface area contributed by atoms with E-state index in [4.69, 9.17) is 0 Å². The molecule has 0 aliphatic heterocycles. The van der Waals surface area contributed by atoms with Crippen molar-refractivity contribution in [2.75, 3.05) is 7.05 Å². The first-order valence-electron chi connectivity index (χ1n) is 6.48. The number of carbonyl (C=O) groups is 1. The highest BCUT2D eigenvalue weighted by molar-refractivity contribution is 5.77. The molecule has 18 heavy (non-hydrogen) atoms. The van der Waals surface area contributed by atoms with Crippen LogP contribution in [0.15, 0.2) is 24.3 Å². The monoisotopic (exact) mass is 247 g/mol. The molecule has 0 aromatic heterocycles. The van der Waals surface area contributed by atoms with Gasteiger partial charge >= 0.3 is 5.97 Å². The molecule has 0 bridgehead atoms. The van der Waals surface area contributed by atoms with Gasteiger partial charge in [-0.3, -0.25) is 9.69 Å². The molecule has 1 atom stereocenters. The Labute approximate surface area is 108 Å². The van der Waals surface area contributed by atoms with Crippen molar-refractivity contribution in [2.45, 2.75) is 44.7 Å². The molecule has 0 amide bonds. The SMILES string of the molecule is CN(C1CCCc2ccccc21)C(C)(C)C(=O)O. The summed E-state index contributed by atoms with van der Waals surface area (Å²) < 4.78 is 0. The van der Waals surface area contributed by atoms with Crippen LogP contribution in [0.25, 0.3) is 0 Å². The molecule has 1 aliphatic carbocycles. The van der Waals surface area contributed by atoms with Gasteiger partial charge in [-0.05, 0) is 51.3 Å². The number of likely N-dealkylation sites (N-methyl/N-ethyl adjacent to an activating group) is 1. The number of benzene rings is 1. The Balaban J connectivity index is 2.33. The molecule has 2 rings (SSSR count). The predicted octanol–water partition coefficient (Wildman–Crippen LogP) is 2.86. The number of rotatable bonds is 3. The zero-order valence-corrected chi connectivity index (χ0v) is 11.3. The van der Waals surface area contributed by atoms with Gasteiger partial charge in [-0.1, -0.05) is 24.3 Å². The second kappa shape index (κ2) is 4.73. The maximum Gasteiger partial charge on any atom is 0.323 e. The molecule has 98 valence electrons. The molecule has 0 saturated heterocycles. The molecule has 0 spiro atoms. The predicted molar refractivity (Wildman–Crippen MR) is 71.6 cm³/mol. The molecule has 0 radical (unpaired) electrons. The van der Waals surface area contributed by atoms with Crippen LogP contribution in [0, 0.1) is 0 Å². The van der Waals surface area contributed by atoms with E-state index in [1.165, 1.54) is 11.1 Å². The fourth-order valence-electron chi connectivity index (χ4n) is 2.67. The number of hydrogen-bond acceptors (Lipinski definition) is 2. The quantitative estimate of drug-likeness (QED) is 0.893.